The third kappa shape index (κ3) is 3.80. The quantitative estimate of drug-likeness (QED) is 0.398. The average molecular weight is 384 g/mol. The van der Waals surface area contributed by atoms with Gasteiger partial charge in [-0.05, 0) is 38.5 Å². The number of methoxy groups -OCH3 is 1. The minimum absolute atomic E-state index is 0.119. The Balaban J connectivity index is 1.77. The smallest absolute Gasteiger partial charge is 0.339 e. The highest BCUT2D eigenvalue weighted by Gasteiger charge is 2.26. The molecule has 140 valence electrons. The molecule has 0 bridgehead atoms. The number of nitrogens with one attached hydrogen (secondary N) is 1. The molecule has 0 fully saturated rings. The summed E-state index contributed by atoms with van der Waals surface area (Å²) in [6, 6.07) is 9.63. The monoisotopic (exact) mass is 384 g/mol. The molecule has 0 aliphatic carbocycles. The molecule has 3 rings (SSSR count). The van der Waals surface area contributed by atoms with Crippen LogP contribution in [-0.4, -0.2) is 43.9 Å². The number of aryl methyl sites for hydroxylation is 1. The van der Waals surface area contributed by atoms with E-state index >= 15 is 0 Å². The van der Waals surface area contributed by atoms with Gasteiger partial charge < -0.3 is 9.72 Å². The Morgan fingerprint density at radius 2 is 1.93 bits per heavy atom. The van der Waals surface area contributed by atoms with Crippen molar-refractivity contribution in [2.75, 3.05) is 7.11 Å². The van der Waals surface area contributed by atoms with Crippen LogP contribution in [0.4, 0.5) is 0 Å². The van der Waals surface area contributed by atoms with E-state index in [1.807, 2.05) is 30.3 Å². The summed E-state index contributed by atoms with van der Waals surface area (Å²) >= 11 is 1.27. The summed E-state index contributed by atoms with van der Waals surface area (Å²) in [5, 5.41) is 4.51. The largest absolute Gasteiger partial charge is 0.465 e. The SMILES string of the molecule is COC(=O)c1c(C)[nH]c(C(=O)C(C)Sc2ncn(-c3ccccc3)n2)c1C. The molecule has 3 aromatic rings. The summed E-state index contributed by atoms with van der Waals surface area (Å²) in [5.41, 5.74) is 2.93. The second-order valence-corrected chi connectivity index (χ2v) is 7.36. The lowest BCUT2D eigenvalue weighted by atomic mass is 10.1. The van der Waals surface area contributed by atoms with Gasteiger partial charge in [-0.1, -0.05) is 30.0 Å². The molecule has 0 radical (unpaired) electrons. The van der Waals surface area contributed by atoms with Crippen molar-refractivity contribution in [1.29, 1.82) is 0 Å². The van der Waals surface area contributed by atoms with Gasteiger partial charge in [0.2, 0.25) is 5.16 Å². The third-order valence-electron chi connectivity index (χ3n) is 4.22. The van der Waals surface area contributed by atoms with Crippen molar-refractivity contribution >= 4 is 23.5 Å². The van der Waals surface area contributed by atoms with Crippen molar-refractivity contribution in [3.8, 4) is 5.69 Å². The van der Waals surface area contributed by atoms with Gasteiger partial charge in [-0.2, -0.15) is 0 Å². The number of carbonyl (C=O) groups is 2. The maximum absolute atomic E-state index is 12.9. The summed E-state index contributed by atoms with van der Waals surface area (Å²) in [4.78, 5) is 32.1. The van der Waals surface area contributed by atoms with Gasteiger partial charge in [0.1, 0.15) is 6.33 Å². The van der Waals surface area contributed by atoms with E-state index in [4.69, 9.17) is 4.74 Å². The van der Waals surface area contributed by atoms with E-state index in [2.05, 4.69) is 15.1 Å². The number of Topliss-reactive ketones (excluding diaryl/α,β-unsaturated/α-hetero) is 1. The maximum Gasteiger partial charge on any atom is 0.339 e. The van der Waals surface area contributed by atoms with Crippen LogP contribution in [0.1, 0.15) is 39.0 Å². The van der Waals surface area contributed by atoms with E-state index in [0.29, 0.717) is 27.7 Å². The Labute approximate surface area is 161 Å². The molecule has 8 heteroatoms. The maximum atomic E-state index is 12.9. The number of aromatic amines is 1. The molecule has 0 aliphatic heterocycles. The molecule has 0 aliphatic rings. The van der Waals surface area contributed by atoms with E-state index < -0.39 is 11.2 Å². The second kappa shape index (κ2) is 7.79. The van der Waals surface area contributed by atoms with Crippen LogP contribution in [0.3, 0.4) is 0 Å². The number of carbonyl (C=O) groups excluding carboxylic acids is 2. The van der Waals surface area contributed by atoms with Crippen molar-refractivity contribution in [3.63, 3.8) is 0 Å². The summed E-state index contributed by atoms with van der Waals surface area (Å²) in [6.07, 6.45) is 1.62. The molecule has 0 saturated heterocycles. The van der Waals surface area contributed by atoms with Gasteiger partial charge in [0.25, 0.3) is 0 Å². The van der Waals surface area contributed by atoms with Crippen LogP contribution in [0.25, 0.3) is 5.69 Å². The van der Waals surface area contributed by atoms with Crippen LogP contribution in [0.5, 0.6) is 0 Å². The first-order chi connectivity index (χ1) is 12.9. The van der Waals surface area contributed by atoms with Gasteiger partial charge >= 0.3 is 5.97 Å². The van der Waals surface area contributed by atoms with Crippen molar-refractivity contribution in [2.45, 2.75) is 31.2 Å². The summed E-state index contributed by atoms with van der Waals surface area (Å²) < 4.78 is 6.46. The van der Waals surface area contributed by atoms with Crippen LogP contribution in [0.15, 0.2) is 41.8 Å². The average Bonchev–Trinajstić information content (AvgIpc) is 3.25. The Morgan fingerprint density at radius 1 is 1.22 bits per heavy atom. The third-order valence-corrected chi connectivity index (χ3v) is 5.18. The zero-order chi connectivity index (χ0) is 19.6. The zero-order valence-electron chi connectivity index (χ0n) is 15.5. The summed E-state index contributed by atoms with van der Waals surface area (Å²) in [5.74, 6) is -0.573. The van der Waals surface area contributed by atoms with Gasteiger partial charge in [-0.3, -0.25) is 4.79 Å². The van der Waals surface area contributed by atoms with Crippen LogP contribution in [0.2, 0.25) is 0 Å². The highest BCUT2D eigenvalue weighted by molar-refractivity contribution is 8.00. The predicted octanol–water partition coefficient (Wildman–Crippen LogP) is 3.36. The lowest BCUT2D eigenvalue weighted by Gasteiger charge is -2.07. The number of ketones is 1. The number of hydrogen-bond acceptors (Lipinski definition) is 6. The van der Waals surface area contributed by atoms with E-state index in [9.17, 15) is 9.59 Å². The van der Waals surface area contributed by atoms with Crippen molar-refractivity contribution in [1.82, 2.24) is 19.7 Å². The Hall–Kier alpha value is -2.87. The molecule has 2 heterocycles. The number of ether oxygens (including phenoxy) is 1. The molecular weight excluding hydrogens is 364 g/mol. The number of H-pyrrole nitrogens is 1. The topological polar surface area (TPSA) is 89.9 Å². The number of hydrogen-bond donors (Lipinski definition) is 1. The molecule has 0 saturated carbocycles. The summed E-state index contributed by atoms with van der Waals surface area (Å²) in [6.45, 7) is 5.28. The van der Waals surface area contributed by atoms with Gasteiger partial charge in [0, 0.05) is 5.69 Å². The van der Waals surface area contributed by atoms with E-state index in [0.717, 1.165) is 5.69 Å². The number of aromatic nitrogens is 4. The molecule has 0 spiro atoms. The predicted molar refractivity (Wildman–Crippen MR) is 103 cm³/mol. The molecule has 2 aromatic heterocycles. The first kappa shape index (κ1) is 18.9. The van der Waals surface area contributed by atoms with Crippen molar-refractivity contribution in [3.05, 3.63) is 59.2 Å². The van der Waals surface area contributed by atoms with Crippen LogP contribution >= 0.6 is 11.8 Å². The zero-order valence-corrected chi connectivity index (χ0v) is 16.3. The van der Waals surface area contributed by atoms with Crippen molar-refractivity contribution in [2.24, 2.45) is 0 Å². The van der Waals surface area contributed by atoms with Gasteiger partial charge in [-0.25, -0.2) is 14.5 Å². The minimum Gasteiger partial charge on any atom is -0.465 e. The number of rotatable bonds is 6. The fourth-order valence-corrected chi connectivity index (χ4v) is 3.61. The number of para-hydroxylation sites is 1. The minimum atomic E-state index is -0.455. The lowest BCUT2D eigenvalue weighted by molar-refractivity contribution is 0.0599. The number of thioether (sulfide) groups is 1. The molecule has 0 amide bonds. The summed E-state index contributed by atoms with van der Waals surface area (Å²) in [7, 11) is 1.32. The molecule has 1 unspecified atom stereocenters. The van der Waals surface area contributed by atoms with Crippen LogP contribution < -0.4 is 0 Å². The van der Waals surface area contributed by atoms with Crippen LogP contribution in [0, 0.1) is 13.8 Å². The van der Waals surface area contributed by atoms with Gasteiger partial charge in [0.15, 0.2) is 5.78 Å². The molecule has 1 atom stereocenters. The highest BCUT2D eigenvalue weighted by Crippen LogP contribution is 2.26. The molecule has 7 nitrogen and oxygen atoms in total. The fourth-order valence-electron chi connectivity index (χ4n) is 2.83. The number of benzene rings is 1. The standard InChI is InChI=1S/C19H20N4O3S/c1-11-15(18(25)26-4)12(2)21-16(11)17(24)13(3)27-19-20-10-23(22-19)14-8-6-5-7-9-14/h5-10,13,21H,1-4H3. The van der Waals surface area contributed by atoms with Gasteiger partial charge in [-0.15, -0.1) is 5.10 Å². The second-order valence-electron chi connectivity index (χ2n) is 6.05. The van der Waals surface area contributed by atoms with Gasteiger partial charge in [0.05, 0.1) is 29.3 Å². The Kier molecular flexibility index (Phi) is 5.46. The molecule has 1 aromatic carbocycles. The number of esters is 1. The highest BCUT2D eigenvalue weighted by atomic mass is 32.2. The van der Waals surface area contributed by atoms with E-state index in [1.54, 1.807) is 31.8 Å². The first-order valence-corrected chi connectivity index (χ1v) is 9.25. The van der Waals surface area contributed by atoms with Crippen LogP contribution in [-0.2, 0) is 4.74 Å². The van der Waals surface area contributed by atoms with E-state index in [-0.39, 0.29) is 5.78 Å². The molecular formula is C19H20N4O3S. The molecule has 1 N–H and O–H groups in total. The Morgan fingerprint density at radius 3 is 2.59 bits per heavy atom. The first-order valence-electron chi connectivity index (χ1n) is 8.37. The Bertz CT molecular complexity index is 978. The van der Waals surface area contributed by atoms with E-state index in [1.165, 1.54) is 18.9 Å². The van der Waals surface area contributed by atoms with Crippen molar-refractivity contribution < 1.29 is 14.3 Å². The number of nitrogens with zero attached hydrogens (tertiary/aromatic N) is 3. The molecule has 27 heavy (non-hydrogen) atoms. The fraction of sp³-hybridized carbons (Fsp3) is 0.263. The normalized spacial score (nSPS) is 12.0. The lowest BCUT2D eigenvalue weighted by Crippen LogP contribution is -2.15.